The van der Waals surface area contributed by atoms with Gasteiger partial charge in [-0.1, -0.05) is 34.8 Å². The SMILES string of the molecule is CC(=NC(=N)C(Cl)(Cl)Cl)N(C)C. The Kier molecular flexibility index (Phi) is 4.31. The molecule has 0 bridgehead atoms. The summed E-state index contributed by atoms with van der Waals surface area (Å²) < 4.78 is -1.74. The second-order valence-corrected chi connectivity index (χ2v) is 4.68. The predicted molar refractivity (Wildman–Crippen MR) is 54.8 cm³/mol. The average molecular weight is 231 g/mol. The zero-order chi connectivity index (χ0) is 9.94. The Bertz CT molecular complexity index is 205. The summed E-state index contributed by atoms with van der Waals surface area (Å²) in [7, 11) is 3.59. The van der Waals surface area contributed by atoms with Gasteiger partial charge < -0.3 is 4.90 Å². The molecule has 0 fully saturated rings. The van der Waals surface area contributed by atoms with E-state index in [4.69, 9.17) is 40.2 Å². The standard InChI is InChI=1S/C6H10Cl3N3/c1-4(12(2)3)11-5(10)6(7,8)9/h10H,1-3H3. The third-order valence-electron chi connectivity index (χ3n) is 1.19. The lowest BCUT2D eigenvalue weighted by Crippen LogP contribution is -2.23. The molecule has 70 valence electrons. The van der Waals surface area contributed by atoms with Gasteiger partial charge in [0.1, 0.15) is 5.84 Å². The van der Waals surface area contributed by atoms with Crippen molar-refractivity contribution in [1.29, 1.82) is 5.41 Å². The zero-order valence-electron chi connectivity index (χ0n) is 7.03. The topological polar surface area (TPSA) is 39.5 Å². The molecule has 0 aromatic rings. The van der Waals surface area contributed by atoms with Gasteiger partial charge in [0.05, 0.1) is 0 Å². The van der Waals surface area contributed by atoms with Crippen LogP contribution in [0.15, 0.2) is 4.99 Å². The van der Waals surface area contributed by atoms with E-state index in [-0.39, 0.29) is 5.84 Å². The molecule has 0 amide bonds. The van der Waals surface area contributed by atoms with Crippen molar-refractivity contribution in [2.75, 3.05) is 14.1 Å². The van der Waals surface area contributed by atoms with Gasteiger partial charge in [0.25, 0.3) is 0 Å². The van der Waals surface area contributed by atoms with Crippen molar-refractivity contribution in [3.05, 3.63) is 0 Å². The van der Waals surface area contributed by atoms with Gasteiger partial charge in [-0.15, -0.1) is 0 Å². The summed E-state index contributed by atoms with van der Waals surface area (Å²) in [6.07, 6.45) is 0. The minimum Gasteiger partial charge on any atom is -0.366 e. The number of nitrogens with zero attached hydrogens (tertiary/aromatic N) is 2. The van der Waals surface area contributed by atoms with Crippen LogP contribution in [0.5, 0.6) is 0 Å². The molecule has 0 unspecified atom stereocenters. The fourth-order valence-electron chi connectivity index (χ4n) is 0.325. The van der Waals surface area contributed by atoms with Crippen LogP contribution >= 0.6 is 34.8 Å². The molecule has 1 N–H and O–H groups in total. The number of hydrogen-bond acceptors (Lipinski definition) is 1. The van der Waals surface area contributed by atoms with Gasteiger partial charge in [0.15, 0.2) is 5.84 Å². The molecule has 0 radical (unpaired) electrons. The summed E-state index contributed by atoms with van der Waals surface area (Å²) in [4.78, 5) is 5.50. The molecule has 0 atom stereocenters. The second-order valence-electron chi connectivity index (χ2n) is 2.40. The summed E-state index contributed by atoms with van der Waals surface area (Å²) in [5.41, 5.74) is 0. The largest absolute Gasteiger partial charge is 0.366 e. The van der Waals surface area contributed by atoms with Crippen LogP contribution < -0.4 is 0 Å². The Morgan fingerprint density at radius 1 is 1.33 bits per heavy atom. The molecule has 6 heteroatoms. The normalized spacial score (nSPS) is 13.0. The molecule has 0 aromatic carbocycles. The highest BCUT2D eigenvalue weighted by molar-refractivity contribution is 6.76. The van der Waals surface area contributed by atoms with E-state index in [1.165, 1.54) is 0 Å². The smallest absolute Gasteiger partial charge is 0.249 e. The maximum atomic E-state index is 7.25. The Hall–Kier alpha value is 0.01000. The molecule has 0 saturated carbocycles. The number of aliphatic imine (C=N–C) groups is 1. The van der Waals surface area contributed by atoms with Crippen molar-refractivity contribution in [3.63, 3.8) is 0 Å². The van der Waals surface area contributed by atoms with E-state index < -0.39 is 3.79 Å². The van der Waals surface area contributed by atoms with E-state index in [2.05, 4.69) is 4.99 Å². The number of nitrogens with one attached hydrogen (secondary N) is 1. The van der Waals surface area contributed by atoms with E-state index in [0.717, 1.165) is 0 Å². The maximum absolute atomic E-state index is 7.25. The van der Waals surface area contributed by atoms with Crippen LogP contribution in [0.3, 0.4) is 0 Å². The molecule has 0 spiro atoms. The Labute approximate surface area is 86.8 Å². The lowest BCUT2D eigenvalue weighted by molar-refractivity contribution is 0.619. The first kappa shape index (κ1) is 12.0. The van der Waals surface area contributed by atoms with Gasteiger partial charge >= 0.3 is 0 Å². The van der Waals surface area contributed by atoms with Crippen LogP contribution in [0.4, 0.5) is 0 Å². The highest BCUT2D eigenvalue weighted by Gasteiger charge is 2.26. The maximum Gasteiger partial charge on any atom is 0.249 e. The molecular formula is C6H10Cl3N3. The Morgan fingerprint density at radius 2 is 1.75 bits per heavy atom. The number of rotatable bonds is 0. The van der Waals surface area contributed by atoms with Crippen molar-refractivity contribution in [3.8, 4) is 0 Å². The third kappa shape index (κ3) is 4.14. The summed E-state index contributed by atoms with van der Waals surface area (Å²) in [5, 5.41) is 7.25. The fraction of sp³-hybridized carbons (Fsp3) is 0.667. The lowest BCUT2D eigenvalue weighted by atomic mass is 10.6. The molecule has 0 rings (SSSR count). The van der Waals surface area contributed by atoms with E-state index in [1.54, 1.807) is 25.9 Å². The molecule has 0 saturated heterocycles. The summed E-state index contributed by atoms with van der Waals surface area (Å²) in [6, 6.07) is 0. The minimum absolute atomic E-state index is 0.279. The van der Waals surface area contributed by atoms with Crippen molar-refractivity contribution in [2.45, 2.75) is 10.7 Å². The molecule has 12 heavy (non-hydrogen) atoms. The van der Waals surface area contributed by atoms with Crippen molar-refractivity contribution >= 4 is 46.5 Å². The van der Waals surface area contributed by atoms with Crippen LogP contribution in [0, 0.1) is 5.41 Å². The van der Waals surface area contributed by atoms with Gasteiger partial charge in [-0.25, -0.2) is 4.99 Å². The second kappa shape index (κ2) is 4.30. The van der Waals surface area contributed by atoms with Gasteiger partial charge in [-0.05, 0) is 6.92 Å². The third-order valence-corrected chi connectivity index (χ3v) is 1.73. The van der Waals surface area contributed by atoms with Crippen LogP contribution in [-0.2, 0) is 0 Å². The molecule has 0 aliphatic rings. The van der Waals surface area contributed by atoms with Crippen molar-refractivity contribution < 1.29 is 0 Å². The van der Waals surface area contributed by atoms with E-state index in [1.807, 2.05) is 0 Å². The quantitative estimate of drug-likeness (QED) is 0.387. The fourth-order valence-corrected chi connectivity index (χ4v) is 0.452. The predicted octanol–water partition coefficient (Wildman–Crippen LogP) is 2.31. The van der Waals surface area contributed by atoms with Gasteiger partial charge in [-0.3, -0.25) is 5.41 Å². The van der Waals surface area contributed by atoms with Crippen LogP contribution in [-0.4, -0.2) is 34.5 Å². The first-order chi connectivity index (χ1) is 5.25. The van der Waals surface area contributed by atoms with Gasteiger partial charge in [-0.2, -0.15) is 0 Å². The monoisotopic (exact) mass is 229 g/mol. The zero-order valence-corrected chi connectivity index (χ0v) is 9.30. The molecule has 0 aromatic heterocycles. The number of hydrogen-bond donors (Lipinski definition) is 1. The molecule has 0 heterocycles. The highest BCUT2D eigenvalue weighted by atomic mass is 35.6. The molecule has 0 aliphatic heterocycles. The summed E-state index contributed by atoms with van der Waals surface area (Å²) in [6.45, 7) is 1.73. The molecule has 0 aliphatic carbocycles. The van der Waals surface area contributed by atoms with Gasteiger partial charge in [0.2, 0.25) is 3.79 Å². The number of amidine groups is 2. The first-order valence-electron chi connectivity index (χ1n) is 3.13. The van der Waals surface area contributed by atoms with E-state index in [0.29, 0.717) is 5.84 Å². The average Bonchev–Trinajstić information content (AvgIpc) is 1.85. The number of halogens is 3. The lowest BCUT2D eigenvalue weighted by Gasteiger charge is -2.13. The van der Waals surface area contributed by atoms with Crippen LogP contribution in [0.25, 0.3) is 0 Å². The van der Waals surface area contributed by atoms with Crippen molar-refractivity contribution in [1.82, 2.24) is 4.90 Å². The van der Waals surface area contributed by atoms with Crippen LogP contribution in [0.2, 0.25) is 0 Å². The highest BCUT2D eigenvalue weighted by Crippen LogP contribution is 2.27. The minimum atomic E-state index is -1.74. The summed E-state index contributed by atoms with van der Waals surface area (Å²) >= 11 is 16.2. The number of alkyl halides is 3. The first-order valence-corrected chi connectivity index (χ1v) is 4.27. The molecular weight excluding hydrogens is 220 g/mol. The van der Waals surface area contributed by atoms with E-state index >= 15 is 0 Å². The Morgan fingerprint density at radius 3 is 2.00 bits per heavy atom. The Balaban J connectivity index is 4.46. The summed E-state index contributed by atoms with van der Waals surface area (Å²) in [5.74, 6) is 0.338. The van der Waals surface area contributed by atoms with Gasteiger partial charge in [0, 0.05) is 14.1 Å². The van der Waals surface area contributed by atoms with Crippen LogP contribution in [0.1, 0.15) is 6.92 Å². The molecule has 3 nitrogen and oxygen atoms in total. The van der Waals surface area contributed by atoms with Crippen molar-refractivity contribution in [2.24, 2.45) is 4.99 Å². The van der Waals surface area contributed by atoms with E-state index in [9.17, 15) is 0 Å².